The van der Waals surface area contributed by atoms with Crippen LogP contribution in [-0.2, 0) is 0 Å². The van der Waals surface area contributed by atoms with Crippen molar-refractivity contribution in [2.75, 3.05) is 13.2 Å². The van der Waals surface area contributed by atoms with Crippen molar-refractivity contribution in [2.45, 2.75) is 53.5 Å². The second-order valence-corrected chi connectivity index (χ2v) is 7.37. The first-order chi connectivity index (χ1) is 9.33. The molecule has 1 aromatic carbocycles. The Bertz CT molecular complexity index is 412. The first-order valence-electron chi connectivity index (χ1n) is 7.49. The van der Waals surface area contributed by atoms with Crippen molar-refractivity contribution in [2.24, 2.45) is 5.41 Å². The Hall–Kier alpha value is -0.540. The van der Waals surface area contributed by atoms with Crippen LogP contribution in [-0.4, -0.2) is 13.2 Å². The van der Waals surface area contributed by atoms with Crippen LogP contribution >= 0.6 is 15.9 Å². The highest BCUT2D eigenvalue weighted by atomic mass is 79.9. The third-order valence-electron chi connectivity index (χ3n) is 3.26. The summed E-state index contributed by atoms with van der Waals surface area (Å²) in [4.78, 5) is 0. The lowest BCUT2D eigenvalue weighted by Crippen LogP contribution is -2.19. The van der Waals surface area contributed by atoms with Gasteiger partial charge in [0.1, 0.15) is 5.75 Å². The molecule has 0 bridgehead atoms. The summed E-state index contributed by atoms with van der Waals surface area (Å²) >= 11 is 3.65. The number of benzene rings is 1. The van der Waals surface area contributed by atoms with E-state index in [0.717, 1.165) is 36.2 Å². The van der Waals surface area contributed by atoms with Crippen molar-refractivity contribution in [1.82, 2.24) is 5.32 Å². The summed E-state index contributed by atoms with van der Waals surface area (Å²) in [6.45, 7) is 12.9. The molecule has 2 nitrogen and oxygen atoms in total. The van der Waals surface area contributed by atoms with Gasteiger partial charge >= 0.3 is 0 Å². The van der Waals surface area contributed by atoms with E-state index in [-0.39, 0.29) is 0 Å². The molecule has 20 heavy (non-hydrogen) atoms. The smallest absolute Gasteiger partial charge is 0.120 e. The minimum absolute atomic E-state index is 0.315. The first-order valence-corrected chi connectivity index (χ1v) is 8.28. The molecule has 0 aromatic heterocycles. The fraction of sp³-hybridized carbons (Fsp3) is 0.647. The highest BCUT2D eigenvalue weighted by Crippen LogP contribution is 2.28. The van der Waals surface area contributed by atoms with Gasteiger partial charge in [-0.2, -0.15) is 0 Å². The van der Waals surface area contributed by atoms with Gasteiger partial charge in [0, 0.05) is 10.5 Å². The van der Waals surface area contributed by atoms with E-state index in [1.807, 2.05) is 0 Å². The van der Waals surface area contributed by atoms with Crippen molar-refractivity contribution in [3.8, 4) is 5.75 Å². The Labute approximate surface area is 132 Å². The summed E-state index contributed by atoms with van der Waals surface area (Å²) in [5.74, 6) is 0.938. The molecule has 0 fully saturated rings. The van der Waals surface area contributed by atoms with Crippen LogP contribution in [0.25, 0.3) is 0 Å². The van der Waals surface area contributed by atoms with Gasteiger partial charge in [0.05, 0.1) is 6.61 Å². The molecule has 0 aliphatic heterocycles. The lowest BCUT2D eigenvalue weighted by Gasteiger charge is -2.19. The predicted octanol–water partition coefficient (Wildman–Crippen LogP) is 5.32. The Morgan fingerprint density at radius 1 is 1.30 bits per heavy atom. The summed E-state index contributed by atoms with van der Waals surface area (Å²) in [6, 6.07) is 6.63. The number of hydrogen-bond acceptors (Lipinski definition) is 2. The molecule has 1 rings (SSSR count). The van der Waals surface area contributed by atoms with Crippen LogP contribution in [0.15, 0.2) is 22.7 Å². The quantitative estimate of drug-likeness (QED) is 0.724. The van der Waals surface area contributed by atoms with E-state index in [1.54, 1.807) is 0 Å². The number of nitrogens with one attached hydrogen (secondary N) is 1. The molecule has 0 saturated carbocycles. The van der Waals surface area contributed by atoms with Crippen LogP contribution < -0.4 is 10.1 Å². The number of rotatable bonds is 7. The van der Waals surface area contributed by atoms with E-state index < -0.39 is 0 Å². The van der Waals surface area contributed by atoms with Crippen LogP contribution in [0.4, 0.5) is 0 Å². The number of hydrogen-bond donors (Lipinski definition) is 1. The van der Waals surface area contributed by atoms with E-state index in [2.05, 4.69) is 74.1 Å². The van der Waals surface area contributed by atoms with Crippen LogP contribution in [0.1, 0.15) is 59.1 Å². The van der Waals surface area contributed by atoms with Crippen molar-refractivity contribution in [3.05, 3.63) is 28.2 Å². The molecule has 1 aromatic rings. The molecule has 0 saturated heterocycles. The van der Waals surface area contributed by atoms with E-state index in [0.29, 0.717) is 11.5 Å². The van der Waals surface area contributed by atoms with Crippen LogP contribution in [0.2, 0.25) is 0 Å². The minimum atomic E-state index is 0.315. The zero-order valence-electron chi connectivity index (χ0n) is 13.4. The second-order valence-electron chi connectivity index (χ2n) is 6.52. The molecule has 0 amide bonds. The Morgan fingerprint density at radius 2 is 2.00 bits per heavy atom. The average molecular weight is 342 g/mol. The maximum Gasteiger partial charge on any atom is 0.120 e. The van der Waals surface area contributed by atoms with Gasteiger partial charge < -0.3 is 10.1 Å². The van der Waals surface area contributed by atoms with Gasteiger partial charge in [0.15, 0.2) is 0 Å². The fourth-order valence-corrected chi connectivity index (χ4v) is 2.60. The Kier molecular flexibility index (Phi) is 7.04. The molecule has 0 radical (unpaired) electrons. The van der Waals surface area contributed by atoms with Crippen molar-refractivity contribution in [3.63, 3.8) is 0 Å². The maximum absolute atomic E-state index is 5.83. The van der Waals surface area contributed by atoms with Gasteiger partial charge in [-0.25, -0.2) is 0 Å². The molecular formula is C17H28BrNO. The highest BCUT2D eigenvalue weighted by Gasteiger charge is 2.12. The molecular weight excluding hydrogens is 314 g/mol. The van der Waals surface area contributed by atoms with Crippen molar-refractivity contribution < 1.29 is 4.74 Å². The standard InChI is InChI=1S/C17H28BrNO/c1-6-10-19-13(2)15-8-7-14(12-16(15)18)20-11-9-17(3,4)5/h7-8,12-13,19H,6,9-11H2,1-5H3. The third-order valence-corrected chi connectivity index (χ3v) is 3.95. The lowest BCUT2D eigenvalue weighted by molar-refractivity contribution is 0.243. The normalized spacial score (nSPS) is 13.3. The molecule has 0 aliphatic carbocycles. The van der Waals surface area contributed by atoms with Crippen LogP contribution in [0.3, 0.4) is 0 Å². The Balaban J connectivity index is 2.59. The highest BCUT2D eigenvalue weighted by molar-refractivity contribution is 9.10. The second kappa shape index (κ2) is 8.04. The number of halogens is 1. The molecule has 1 N–H and O–H groups in total. The van der Waals surface area contributed by atoms with Crippen LogP contribution in [0, 0.1) is 5.41 Å². The monoisotopic (exact) mass is 341 g/mol. The first kappa shape index (κ1) is 17.5. The molecule has 1 atom stereocenters. The van der Waals surface area contributed by atoms with Gasteiger partial charge in [-0.3, -0.25) is 0 Å². The van der Waals surface area contributed by atoms with Crippen molar-refractivity contribution in [1.29, 1.82) is 0 Å². The lowest BCUT2D eigenvalue weighted by atomic mass is 9.93. The summed E-state index contributed by atoms with van der Waals surface area (Å²) in [5.41, 5.74) is 1.59. The topological polar surface area (TPSA) is 21.3 Å². The summed E-state index contributed by atoms with van der Waals surface area (Å²) in [7, 11) is 0. The van der Waals surface area contributed by atoms with Crippen molar-refractivity contribution >= 4 is 15.9 Å². The van der Waals surface area contributed by atoms with E-state index in [1.165, 1.54) is 5.56 Å². The largest absolute Gasteiger partial charge is 0.494 e. The van der Waals surface area contributed by atoms with Gasteiger partial charge in [-0.05, 0) is 49.4 Å². The minimum Gasteiger partial charge on any atom is -0.494 e. The number of ether oxygens (including phenoxy) is 1. The van der Waals surface area contributed by atoms with E-state index in [9.17, 15) is 0 Å². The Morgan fingerprint density at radius 3 is 2.55 bits per heavy atom. The molecule has 0 heterocycles. The van der Waals surface area contributed by atoms with Gasteiger partial charge in [-0.15, -0.1) is 0 Å². The summed E-state index contributed by atoms with van der Waals surface area (Å²) in [5, 5.41) is 3.50. The zero-order chi connectivity index (χ0) is 15.2. The van der Waals surface area contributed by atoms with E-state index in [4.69, 9.17) is 4.74 Å². The summed E-state index contributed by atoms with van der Waals surface area (Å²) < 4.78 is 6.94. The molecule has 114 valence electrons. The predicted molar refractivity (Wildman–Crippen MR) is 90.4 cm³/mol. The molecule has 0 aliphatic rings. The molecule has 3 heteroatoms. The fourth-order valence-electron chi connectivity index (χ4n) is 1.89. The average Bonchev–Trinajstić information content (AvgIpc) is 2.34. The molecule has 0 spiro atoms. The van der Waals surface area contributed by atoms with Gasteiger partial charge in [-0.1, -0.05) is 49.7 Å². The third kappa shape index (κ3) is 6.27. The molecule has 1 unspecified atom stereocenters. The van der Waals surface area contributed by atoms with Crippen LogP contribution in [0.5, 0.6) is 5.75 Å². The van der Waals surface area contributed by atoms with Gasteiger partial charge in [0.2, 0.25) is 0 Å². The SMILES string of the molecule is CCCNC(C)c1ccc(OCCC(C)(C)C)cc1Br. The van der Waals surface area contributed by atoms with E-state index >= 15 is 0 Å². The summed E-state index contributed by atoms with van der Waals surface area (Å²) in [6.07, 6.45) is 2.21. The van der Waals surface area contributed by atoms with Gasteiger partial charge in [0.25, 0.3) is 0 Å². The zero-order valence-corrected chi connectivity index (χ0v) is 15.0. The maximum atomic E-state index is 5.83.